The van der Waals surface area contributed by atoms with E-state index in [2.05, 4.69) is 44.6 Å². The Bertz CT molecular complexity index is 1690. The highest BCUT2D eigenvalue weighted by molar-refractivity contribution is 5.95. The van der Waals surface area contributed by atoms with Crippen LogP contribution in [0.3, 0.4) is 0 Å². The van der Waals surface area contributed by atoms with Crippen LogP contribution < -0.4 is 5.32 Å². The number of rotatable bonds is 7. The maximum Gasteiger partial charge on any atom is 0.254 e. The maximum atomic E-state index is 14.9. The average Bonchev–Trinajstić information content (AvgIpc) is 3.63. The Balaban J connectivity index is 1.33. The number of halogens is 1. The highest BCUT2D eigenvalue weighted by atomic mass is 19.1. The number of benzene rings is 2. The van der Waals surface area contributed by atoms with Gasteiger partial charge in [0.1, 0.15) is 5.82 Å². The lowest BCUT2D eigenvalue weighted by Crippen LogP contribution is -2.32. The van der Waals surface area contributed by atoms with Crippen LogP contribution in [0.1, 0.15) is 28.5 Å². The second-order valence-corrected chi connectivity index (χ2v) is 9.22. The number of imidazole rings is 1. The zero-order valence-corrected chi connectivity index (χ0v) is 20.4. The number of hydrogen-bond acceptors (Lipinski definition) is 5. The molecule has 2 aromatic carbocycles. The van der Waals surface area contributed by atoms with Gasteiger partial charge in [0.15, 0.2) is 0 Å². The van der Waals surface area contributed by atoms with Crippen molar-refractivity contribution in [2.24, 2.45) is 0 Å². The average molecular weight is 494 g/mol. The smallest absolute Gasteiger partial charge is 0.254 e. The molecule has 5 aromatic rings. The molecule has 1 unspecified atom stereocenters. The van der Waals surface area contributed by atoms with E-state index in [0.29, 0.717) is 23.4 Å². The molecule has 1 amide bonds. The summed E-state index contributed by atoms with van der Waals surface area (Å²) in [5, 5.41) is 3.76. The molecule has 6 rings (SSSR count). The van der Waals surface area contributed by atoms with Crippen molar-refractivity contribution in [2.75, 3.05) is 13.7 Å². The lowest BCUT2D eigenvalue weighted by atomic mass is 9.89. The third-order valence-electron chi connectivity index (χ3n) is 6.87. The third kappa shape index (κ3) is 4.05. The summed E-state index contributed by atoms with van der Waals surface area (Å²) in [4.78, 5) is 25.8. The number of methoxy groups -OCH3 is 1. The molecule has 3 aromatic heterocycles. The van der Waals surface area contributed by atoms with E-state index in [4.69, 9.17) is 4.74 Å². The molecule has 0 radical (unpaired) electrons. The summed E-state index contributed by atoms with van der Waals surface area (Å²) in [6.07, 6.45) is 11.3. The van der Waals surface area contributed by atoms with Crippen molar-refractivity contribution >= 4 is 22.6 Å². The number of allylic oxidation sites excluding steroid dienone is 2. The van der Waals surface area contributed by atoms with Crippen molar-refractivity contribution in [3.05, 3.63) is 108 Å². The summed E-state index contributed by atoms with van der Waals surface area (Å²) >= 11 is 0. The molecule has 8 heteroatoms. The Labute approximate surface area is 212 Å². The van der Waals surface area contributed by atoms with Gasteiger partial charge in [-0.05, 0) is 48.4 Å². The largest absolute Gasteiger partial charge is 0.380 e. The number of hydrogen-bond donors (Lipinski definition) is 1. The molecule has 1 aliphatic rings. The molecule has 0 fully saturated rings. The van der Waals surface area contributed by atoms with Crippen LogP contribution in [-0.2, 0) is 10.2 Å². The van der Waals surface area contributed by atoms with E-state index < -0.39 is 17.1 Å². The van der Waals surface area contributed by atoms with E-state index in [-0.39, 0.29) is 11.7 Å². The first kappa shape index (κ1) is 23.0. The number of pyridine rings is 1. The minimum Gasteiger partial charge on any atom is -0.380 e. The van der Waals surface area contributed by atoms with Crippen molar-refractivity contribution in [3.63, 3.8) is 0 Å². The molecule has 1 N–H and O–H groups in total. The van der Waals surface area contributed by atoms with E-state index in [9.17, 15) is 9.18 Å². The zero-order chi connectivity index (χ0) is 25.6. The fraction of sp³-hybridized carbons (Fsp3) is 0.172. The highest BCUT2D eigenvalue weighted by Crippen LogP contribution is 2.45. The molecule has 0 saturated carbocycles. The van der Waals surface area contributed by atoms with Crippen LogP contribution in [-0.4, -0.2) is 45.0 Å². The number of ether oxygens (including phenoxy) is 1. The molecule has 1 aliphatic carbocycles. The van der Waals surface area contributed by atoms with Gasteiger partial charge in [-0.25, -0.2) is 14.4 Å². The van der Waals surface area contributed by atoms with E-state index in [0.717, 1.165) is 22.2 Å². The first-order valence-corrected chi connectivity index (χ1v) is 12.0. The molecular weight excluding hydrogens is 469 g/mol. The molecule has 1 atom stereocenters. The van der Waals surface area contributed by atoms with Gasteiger partial charge in [0.25, 0.3) is 5.91 Å². The summed E-state index contributed by atoms with van der Waals surface area (Å²) in [6, 6.07) is 14.8. The molecule has 7 nitrogen and oxygen atoms in total. The normalized spacial score (nSPS) is 14.7. The summed E-state index contributed by atoms with van der Waals surface area (Å²) in [5.41, 5.74) is 3.92. The van der Waals surface area contributed by atoms with Gasteiger partial charge < -0.3 is 10.1 Å². The first-order chi connectivity index (χ1) is 18.0. The Hall–Kier alpha value is -4.43. The van der Waals surface area contributed by atoms with Gasteiger partial charge in [0, 0.05) is 43.2 Å². The van der Waals surface area contributed by atoms with Crippen LogP contribution in [0.5, 0.6) is 0 Å². The van der Waals surface area contributed by atoms with E-state index in [1.54, 1.807) is 25.6 Å². The van der Waals surface area contributed by atoms with Crippen LogP contribution in [0, 0.1) is 5.82 Å². The Kier molecular flexibility index (Phi) is 5.53. The van der Waals surface area contributed by atoms with Gasteiger partial charge in [-0.2, -0.15) is 0 Å². The van der Waals surface area contributed by atoms with Crippen molar-refractivity contribution in [1.29, 1.82) is 0 Å². The molecule has 184 valence electrons. The lowest BCUT2D eigenvalue weighted by Gasteiger charge is -2.17. The number of aromatic nitrogens is 4. The maximum absolute atomic E-state index is 14.9. The molecule has 37 heavy (non-hydrogen) atoms. The van der Waals surface area contributed by atoms with Gasteiger partial charge in [-0.15, -0.1) is 0 Å². The van der Waals surface area contributed by atoms with Gasteiger partial charge in [0.05, 0.1) is 34.5 Å². The number of carbonyl (C=O) groups excluding carboxylic acids is 1. The van der Waals surface area contributed by atoms with Gasteiger partial charge in [-0.1, -0.05) is 30.4 Å². The number of carbonyl (C=O) groups is 1. The Morgan fingerprint density at radius 3 is 2.70 bits per heavy atom. The summed E-state index contributed by atoms with van der Waals surface area (Å²) in [5.74, 6) is -0.528. The predicted molar refractivity (Wildman–Crippen MR) is 139 cm³/mol. The molecule has 0 saturated heterocycles. The lowest BCUT2D eigenvalue weighted by molar-refractivity contribution is 0.0867. The second kappa shape index (κ2) is 8.90. The molecule has 0 aliphatic heterocycles. The number of nitrogens with one attached hydrogen (secondary N) is 1. The van der Waals surface area contributed by atoms with E-state index in [1.807, 2.05) is 41.9 Å². The van der Waals surface area contributed by atoms with Crippen LogP contribution in [0.25, 0.3) is 27.8 Å². The van der Waals surface area contributed by atoms with Crippen molar-refractivity contribution < 1.29 is 13.9 Å². The second-order valence-electron chi connectivity index (χ2n) is 9.22. The standard InChI is InChI=1S/C29H24FN5O2/c1-18(37-2)14-32-27(36)23-7-5-19(13-24(23)30)21-15-33-28-34-16-26(35(28)17-21)29(9-10-29)22-6-8-25-20(12-22)4-3-11-31-25/h3-13,15-18H,14H2,1-2H3,(H,32,36). The van der Waals surface area contributed by atoms with Crippen LogP contribution in [0.2, 0.25) is 0 Å². The van der Waals surface area contributed by atoms with Crippen LogP contribution >= 0.6 is 0 Å². The predicted octanol–water partition coefficient (Wildman–Crippen LogP) is 4.70. The molecule has 0 bridgehead atoms. The van der Waals surface area contributed by atoms with E-state index >= 15 is 0 Å². The monoisotopic (exact) mass is 493 g/mol. The minimum atomic E-state index is -0.601. The minimum absolute atomic E-state index is 0.0173. The van der Waals surface area contributed by atoms with Gasteiger partial charge >= 0.3 is 0 Å². The Morgan fingerprint density at radius 1 is 1.08 bits per heavy atom. The SMILES string of the molecule is COC(C)CNC(=O)c1ccc(-c2cnc3ncc(C4(c5ccc6ncccc6c5)C=C4)n3c2)cc1F. The fourth-order valence-electron chi connectivity index (χ4n) is 4.55. The summed E-state index contributed by atoms with van der Waals surface area (Å²) < 4.78 is 22.0. The number of nitrogens with zero attached hydrogens (tertiary/aromatic N) is 4. The first-order valence-electron chi connectivity index (χ1n) is 12.0. The topological polar surface area (TPSA) is 81.4 Å². The molecule has 0 spiro atoms. The molecular formula is C29H24FN5O2. The summed E-state index contributed by atoms with van der Waals surface area (Å²) in [7, 11) is 1.56. The van der Waals surface area contributed by atoms with Crippen molar-refractivity contribution in [2.45, 2.75) is 18.4 Å². The zero-order valence-electron chi connectivity index (χ0n) is 20.4. The Morgan fingerprint density at radius 2 is 1.92 bits per heavy atom. The van der Waals surface area contributed by atoms with Gasteiger partial charge in [-0.3, -0.25) is 14.2 Å². The van der Waals surface area contributed by atoms with Crippen molar-refractivity contribution in [3.8, 4) is 11.1 Å². The molecule has 3 heterocycles. The highest BCUT2D eigenvalue weighted by Gasteiger charge is 2.41. The third-order valence-corrected chi connectivity index (χ3v) is 6.87. The van der Waals surface area contributed by atoms with E-state index in [1.165, 1.54) is 12.1 Å². The van der Waals surface area contributed by atoms with Crippen LogP contribution in [0.4, 0.5) is 4.39 Å². The fourth-order valence-corrected chi connectivity index (χ4v) is 4.55. The number of fused-ring (bicyclic) bond motifs is 2. The van der Waals surface area contributed by atoms with Crippen LogP contribution in [0.15, 0.2) is 85.5 Å². The van der Waals surface area contributed by atoms with Gasteiger partial charge in [0.2, 0.25) is 5.78 Å². The number of amides is 1. The summed E-state index contributed by atoms with van der Waals surface area (Å²) in [6.45, 7) is 2.12. The quantitative estimate of drug-likeness (QED) is 0.332. The van der Waals surface area contributed by atoms with Crippen molar-refractivity contribution in [1.82, 2.24) is 24.7 Å².